The van der Waals surface area contributed by atoms with Crippen LogP contribution < -0.4 is 19.8 Å². The van der Waals surface area contributed by atoms with E-state index in [-0.39, 0.29) is 18.9 Å². The van der Waals surface area contributed by atoms with Gasteiger partial charge in [-0.3, -0.25) is 4.79 Å². The van der Waals surface area contributed by atoms with E-state index in [4.69, 9.17) is 11.6 Å². The number of sulfone groups is 1. The van der Waals surface area contributed by atoms with E-state index in [2.05, 4.69) is 56.5 Å². The molecule has 0 amide bonds. The lowest BCUT2D eigenvalue weighted by Crippen LogP contribution is -2.51. The first-order valence-corrected chi connectivity index (χ1v) is 22.8. The van der Waals surface area contributed by atoms with E-state index in [1.165, 1.54) is 6.08 Å². The fourth-order valence-corrected chi connectivity index (χ4v) is 11.0. The molecule has 1 saturated heterocycles. The predicted molar refractivity (Wildman–Crippen MR) is 240 cm³/mol. The van der Waals surface area contributed by atoms with Crippen LogP contribution in [0.5, 0.6) is 0 Å². The Kier molecular flexibility index (Phi) is 12.8. The second-order valence-corrected chi connectivity index (χ2v) is 18.8. The second kappa shape index (κ2) is 17.7. The van der Waals surface area contributed by atoms with Gasteiger partial charge in [-0.1, -0.05) is 61.0 Å². The zero-order valence-corrected chi connectivity index (χ0v) is 36.4. The first kappa shape index (κ1) is 43.4. The Morgan fingerprint density at radius 2 is 1.53 bits per heavy atom. The first-order valence-electron chi connectivity index (χ1n) is 20.1. The van der Waals surface area contributed by atoms with E-state index in [9.17, 15) is 26.4 Å². The molecule has 2 aliphatic rings. The molecule has 1 aliphatic carbocycles. The normalized spacial score (nSPS) is 18.8. The molecule has 1 aromatic heterocycles. The zero-order valence-electron chi connectivity index (χ0n) is 34.0. The van der Waals surface area contributed by atoms with Crippen LogP contribution in [0.15, 0.2) is 119 Å². The predicted octanol–water partition coefficient (Wildman–Crippen LogP) is 11.3. The van der Waals surface area contributed by atoms with Gasteiger partial charge in [-0.05, 0) is 130 Å². The van der Waals surface area contributed by atoms with E-state index in [0.717, 1.165) is 88.8 Å². The van der Waals surface area contributed by atoms with E-state index in [1.807, 2.05) is 91.9 Å². The molecule has 2 N–H and O–H groups in total. The Bertz CT molecular complexity index is 2450. The minimum Gasteiger partial charge on any atom is -0.379 e. The Hall–Kier alpha value is -4.69. The summed E-state index contributed by atoms with van der Waals surface area (Å²) in [5.41, 5.74) is 1.35. The van der Waals surface area contributed by atoms with Crippen molar-refractivity contribution in [2.75, 3.05) is 41.3 Å². The maximum Gasteiger partial charge on any atom is 0.501 e. The van der Waals surface area contributed by atoms with Gasteiger partial charge < -0.3 is 19.7 Å². The number of hydrogen-bond donors (Lipinski definition) is 2. The third-order valence-electron chi connectivity index (χ3n) is 11.6. The number of anilines is 3. The van der Waals surface area contributed by atoms with Crippen LogP contribution in [0, 0.1) is 6.92 Å². The number of piperazine rings is 1. The molecule has 0 spiro atoms. The van der Waals surface area contributed by atoms with Crippen LogP contribution in [-0.4, -0.2) is 62.5 Å². The van der Waals surface area contributed by atoms with Crippen molar-refractivity contribution in [3.8, 4) is 22.4 Å². The minimum atomic E-state index is -5.62. The van der Waals surface area contributed by atoms with Crippen LogP contribution in [0.2, 0.25) is 5.02 Å². The molecule has 0 radical (unpaired) electrons. The van der Waals surface area contributed by atoms with Gasteiger partial charge in [0.2, 0.25) is 0 Å². The summed E-state index contributed by atoms with van der Waals surface area (Å²) in [7, 11) is -5.62. The molecule has 7 rings (SSSR count). The molecule has 1 unspecified atom stereocenters. The van der Waals surface area contributed by atoms with Gasteiger partial charge >= 0.3 is 5.51 Å². The average Bonchev–Trinajstić information content (AvgIpc) is 3.55. The maximum absolute atomic E-state index is 14.1. The summed E-state index contributed by atoms with van der Waals surface area (Å²) in [6, 6.07) is 32.4. The fraction of sp³-hybridized carbons (Fsp3) is 0.326. The Balaban J connectivity index is 1.05. The molecule has 1 fully saturated rings. The molecule has 1 aliphatic heterocycles. The van der Waals surface area contributed by atoms with Gasteiger partial charge in [-0.25, -0.2) is 13.1 Å². The molecule has 8 nitrogen and oxygen atoms in total. The van der Waals surface area contributed by atoms with Gasteiger partial charge in [-0.15, -0.1) is 0 Å². The number of halogens is 4. The number of carbonyl (C=O) groups excluding carboxylic acids is 1. The van der Waals surface area contributed by atoms with Crippen molar-refractivity contribution in [1.29, 1.82) is 0 Å². The zero-order chi connectivity index (χ0) is 42.8. The van der Waals surface area contributed by atoms with Gasteiger partial charge in [0.1, 0.15) is 0 Å². The Labute approximate surface area is 359 Å². The van der Waals surface area contributed by atoms with Crippen molar-refractivity contribution in [3.05, 3.63) is 130 Å². The summed E-state index contributed by atoms with van der Waals surface area (Å²) < 4.78 is 73.7. The third-order valence-corrected chi connectivity index (χ3v) is 14.6. The lowest BCUT2D eigenvalue weighted by Gasteiger charge is -2.40. The maximum atomic E-state index is 14.1. The number of alkyl halides is 3. The van der Waals surface area contributed by atoms with E-state index in [0.29, 0.717) is 22.7 Å². The highest BCUT2D eigenvalue weighted by Gasteiger charge is 2.55. The average molecular weight is 877 g/mol. The van der Waals surface area contributed by atoms with Crippen molar-refractivity contribution in [2.45, 2.75) is 75.0 Å². The van der Waals surface area contributed by atoms with E-state index in [1.54, 1.807) is 6.92 Å². The Morgan fingerprint density at radius 1 is 0.883 bits per heavy atom. The molecule has 0 saturated carbocycles. The smallest absolute Gasteiger partial charge is 0.379 e. The van der Waals surface area contributed by atoms with E-state index >= 15 is 0 Å². The molecule has 2 heterocycles. The molecule has 0 bridgehead atoms. The van der Waals surface area contributed by atoms with Gasteiger partial charge in [0.15, 0.2) is 6.29 Å². The number of nitrogens with zero attached hydrogens (tertiary/aromatic N) is 3. The number of carbonyl (C=O) groups is 1. The quantitative estimate of drug-likeness (QED) is 0.0894. The van der Waals surface area contributed by atoms with Crippen LogP contribution in [0.3, 0.4) is 0 Å². The highest BCUT2D eigenvalue weighted by atomic mass is 35.5. The number of aldehydes is 1. The van der Waals surface area contributed by atoms with E-state index < -0.39 is 31.8 Å². The summed E-state index contributed by atoms with van der Waals surface area (Å²) in [6.07, 6.45) is 2.99. The lowest BCUT2D eigenvalue weighted by molar-refractivity contribution is -0.0431. The number of nitrogens with one attached hydrogen (secondary N) is 2. The van der Waals surface area contributed by atoms with Gasteiger partial charge in [0.25, 0.3) is 9.84 Å². The Morgan fingerprint density at radius 3 is 2.13 bits per heavy atom. The van der Waals surface area contributed by atoms with Crippen molar-refractivity contribution in [1.82, 2.24) is 9.29 Å². The first-order chi connectivity index (χ1) is 28.7. The number of hydrogen-bond acceptors (Lipinski definition) is 8. The monoisotopic (exact) mass is 875 g/mol. The van der Waals surface area contributed by atoms with Crippen LogP contribution in [0.1, 0.15) is 62.1 Å². The summed E-state index contributed by atoms with van der Waals surface area (Å²) in [4.78, 5) is 17.4. The molecular formula is C46H49ClF3N5O3S2. The number of benzene rings is 4. The number of rotatable bonds is 13. The molecule has 14 heteroatoms. The SMILES string of the molecule is CC[C@]1(NSc2ccccc2)CCC(Nc2ccc(N3CCN(c4cccc(-c5c(C=O)c(C)n(C(C)C)c5-c5ccc(Cl)cc5)c4)CC3)cc2)C=C1S(=O)(=O)C(F)(F)F. The van der Waals surface area contributed by atoms with Crippen molar-refractivity contribution < 1.29 is 26.4 Å². The van der Waals surface area contributed by atoms with Gasteiger partial charge in [0, 0.05) is 82.1 Å². The molecule has 60 heavy (non-hydrogen) atoms. The molecule has 5 aromatic rings. The van der Waals surface area contributed by atoms with Gasteiger partial charge in [0.05, 0.1) is 16.1 Å². The third kappa shape index (κ3) is 8.72. The largest absolute Gasteiger partial charge is 0.501 e. The van der Waals surface area contributed by atoms with Crippen molar-refractivity contribution in [2.24, 2.45) is 0 Å². The summed E-state index contributed by atoms with van der Waals surface area (Å²) in [5, 5.41) is 3.93. The van der Waals surface area contributed by atoms with Crippen LogP contribution in [0.4, 0.5) is 30.2 Å². The van der Waals surface area contributed by atoms with Crippen molar-refractivity contribution in [3.63, 3.8) is 0 Å². The second-order valence-electron chi connectivity index (χ2n) is 15.6. The molecule has 4 aromatic carbocycles. The fourth-order valence-electron chi connectivity index (χ4n) is 8.47. The van der Waals surface area contributed by atoms with Crippen LogP contribution >= 0.6 is 23.5 Å². The highest BCUT2D eigenvalue weighted by molar-refractivity contribution is 7.98. The molecular weight excluding hydrogens is 827 g/mol. The van der Waals surface area contributed by atoms with Crippen molar-refractivity contribution >= 4 is 56.7 Å². The molecule has 316 valence electrons. The van der Waals surface area contributed by atoms with Crippen LogP contribution in [0.25, 0.3) is 22.4 Å². The molecule has 2 atom stereocenters. The van der Waals surface area contributed by atoms with Crippen LogP contribution in [-0.2, 0) is 9.84 Å². The topological polar surface area (TPSA) is 86.7 Å². The summed E-state index contributed by atoms with van der Waals surface area (Å²) in [6.45, 7) is 11.0. The number of aromatic nitrogens is 1. The summed E-state index contributed by atoms with van der Waals surface area (Å²) in [5.74, 6) is 0. The lowest BCUT2D eigenvalue weighted by atomic mass is 9.84. The minimum absolute atomic E-state index is 0.122. The van der Waals surface area contributed by atoms with Gasteiger partial charge in [-0.2, -0.15) is 13.2 Å². The standard InChI is InChI=1S/C46H49ClF3N5O3S2/c1-5-45(52-59-40-12-7-6-8-13-40)23-22-37(29-42(45)60(57,58)46(48,49)50)51-36-18-20-38(21-19-36)53-24-26-54(27-25-53)39-11-9-10-34(28-39)43-41(30-56)32(4)55(31(2)3)44(43)33-14-16-35(47)17-15-33/h6-21,28-31,37,51-52H,5,22-27H2,1-4H3/t37?,45-/m0/s1. The summed E-state index contributed by atoms with van der Waals surface area (Å²) >= 11 is 7.40. The highest BCUT2D eigenvalue weighted by Crippen LogP contribution is 2.45.